The first-order chi connectivity index (χ1) is 8.19. The van der Waals surface area contributed by atoms with Gasteiger partial charge in [-0.3, -0.25) is 0 Å². The van der Waals surface area contributed by atoms with E-state index < -0.39 is 0 Å². The summed E-state index contributed by atoms with van der Waals surface area (Å²) in [5, 5.41) is 0. The van der Waals surface area contributed by atoms with Crippen molar-refractivity contribution in [2.24, 2.45) is 5.84 Å². The number of nitrogens with two attached hydrogens (primary N) is 1. The second-order valence-corrected chi connectivity index (χ2v) is 4.95. The molecule has 0 fully saturated rings. The van der Waals surface area contributed by atoms with Crippen molar-refractivity contribution in [3.63, 3.8) is 0 Å². The SMILES string of the molecule is NNc1cccc(Oc2ccc(Br)cc2Br)n1. The van der Waals surface area contributed by atoms with Gasteiger partial charge in [0.05, 0.1) is 4.47 Å². The van der Waals surface area contributed by atoms with Crippen LogP contribution in [0.3, 0.4) is 0 Å². The van der Waals surface area contributed by atoms with Gasteiger partial charge in [0.2, 0.25) is 5.88 Å². The lowest BCUT2D eigenvalue weighted by atomic mass is 10.3. The molecule has 0 unspecified atom stereocenters. The number of ether oxygens (including phenoxy) is 1. The molecule has 0 aliphatic rings. The summed E-state index contributed by atoms with van der Waals surface area (Å²) in [4.78, 5) is 4.16. The number of nitrogens with zero attached hydrogens (tertiary/aromatic N) is 1. The molecule has 4 nitrogen and oxygen atoms in total. The minimum atomic E-state index is 0.475. The summed E-state index contributed by atoms with van der Waals surface area (Å²) in [7, 11) is 0. The van der Waals surface area contributed by atoms with Gasteiger partial charge in [0, 0.05) is 10.5 Å². The monoisotopic (exact) mass is 357 g/mol. The van der Waals surface area contributed by atoms with Crippen molar-refractivity contribution in [1.82, 2.24) is 4.98 Å². The normalized spacial score (nSPS) is 10.1. The number of pyridine rings is 1. The number of anilines is 1. The van der Waals surface area contributed by atoms with Crippen LogP contribution in [0.5, 0.6) is 11.6 Å². The average Bonchev–Trinajstić information content (AvgIpc) is 2.33. The smallest absolute Gasteiger partial charge is 0.221 e. The number of hydrogen-bond acceptors (Lipinski definition) is 4. The van der Waals surface area contributed by atoms with Crippen molar-refractivity contribution in [3.05, 3.63) is 45.3 Å². The summed E-state index contributed by atoms with van der Waals surface area (Å²) in [6.45, 7) is 0. The molecular weight excluding hydrogens is 350 g/mol. The molecule has 3 N–H and O–H groups in total. The van der Waals surface area contributed by atoms with Crippen LogP contribution in [-0.4, -0.2) is 4.98 Å². The van der Waals surface area contributed by atoms with Crippen LogP contribution in [0, 0.1) is 0 Å². The zero-order chi connectivity index (χ0) is 12.3. The Kier molecular flexibility index (Phi) is 3.98. The van der Waals surface area contributed by atoms with Gasteiger partial charge in [-0.1, -0.05) is 22.0 Å². The molecule has 0 saturated heterocycles. The zero-order valence-corrected chi connectivity index (χ0v) is 11.8. The number of nitrogen functional groups attached to an aromatic ring is 1. The van der Waals surface area contributed by atoms with Crippen LogP contribution in [0.15, 0.2) is 45.3 Å². The summed E-state index contributed by atoms with van der Waals surface area (Å²) in [6.07, 6.45) is 0. The van der Waals surface area contributed by atoms with Gasteiger partial charge in [-0.25, -0.2) is 5.84 Å². The third-order valence-corrected chi connectivity index (χ3v) is 3.09. The van der Waals surface area contributed by atoms with Gasteiger partial charge in [-0.15, -0.1) is 0 Å². The molecule has 0 bridgehead atoms. The Balaban J connectivity index is 2.25. The molecule has 2 aromatic rings. The van der Waals surface area contributed by atoms with Crippen molar-refractivity contribution < 1.29 is 4.74 Å². The summed E-state index contributed by atoms with van der Waals surface area (Å²) in [5.74, 6) is 7.00. The van der Waals surface area contributed by atoms with Crippen LogP contribution < -0.4 is 16.0 Å². The number of rotatable bonds is 3. The molecule has 0 aliphatic heterocycles. The third kappa shape index (κ3) is 3.18. The van der Waals surface area contributed by atoms with Crippen LogP contribution in [-0.2, 0) is 0 Å². The lowest BCUT2D eigenvalue weighted by Crippen LogP contribution is -2.08. The molecule has 0 amide bonds. The molecule has 1 aromatic heterocycles. The van der Waals surface area contributed by atoms with Crippen LogP contribution >= 0.6 is 31.9 Å². The second kappa shape index (κ2) is 5.48. The number of benzene rings is 1. The highest BCUT2D eigenvalue weighted by atomic mass is 79.9. The number of nitrogens with one attached hydrogen (secondary N) is 1. The van der Waals surface area contributed by atoms with Crippen LogP contribution in [0.25, 0.3) is 0 Å². The number of halogens is 2. The van der Waals surface area contributed by atoms with E-state index in [4.69, 9.17) is 10.6 Å². The number of hydrogen-bond donors (Lipinski definition) is 2. The van der Waals surface area contributed by atoms with Crippen molar-refractivity contribution in [2.45, 2.75) is 0 Å². The van der Waals surface area contributed by atoms with E-state index in [1.807, 2.05) is 24.3 Å². The van der Waals surface area contributed by atoms with Gasteiger partial charge < -0.3 is 10.2 Å². The summed E-state index contributed by atoms with van der Waals surface area (Å²) < 4.78 is 7.45. The maximum atomic E-state index is 5.63. The zero-order valence-electron chi connectivity index (χ0n) is 8.65. The molecular formula is C11H9Br2N3O. The second-order valence-electron chi connectivity index (χ2n) is 3.18. The Labute approximate surface area is 115 Å². The predicted octanol–water partition coefficient (Wildman–Crippen LogP) is 3.68. The Morgan fingerprint density at radius 2 is 2.00 bits per heavy atom. The van der Waals surface area contributed by atoms with E-state index in [2.05, 4.69) is 42.3 Å². The quantitative estimate of drug-likeness (QED) is 0.649. The number of hydrazine groups is 1. The van der Waals surface area contributed by atoms with Crippen molar-refractivity contribution in [3.8, 4) is 11.6 Å². The maximum absolute atomic E-state index is 5.63. The molecule has 6 heteroatoms. The average molecular weight is 359 g/mol. The minimum Gasteiger partial charge on any atom is -0.438 e. The Morgan fingerprint density at radius 3 is 2.71 bits per heavy atom. The van der Waals surface area contributed by atoms with E-state index in [1.54, 1.807) is 12.1 Å². The molecule has 88 valence electrons. The first-order valence-corrected chi connectivity index (χ1v) is 6.34. The van der Waals surface area contributed by atoms with Crippen molar-refractivity contribution in [2.75, 3.05) is 5.43 Å². The first kappa shape index (κ1) is 12.3. The van der Waals surface area contributed by atoms with E-state index in [9.17, 15) is 0 Å². The summed E-state index contributed by atoms with van der Waals surface area (Å²) >= 11 is 6.79. The van der Waals surface area contributed by atoms with E-state index in [-0.39, 0.29) is 0 Å². The molecule has 1 aromatic carbocycles. The van der Waals surface area contributed by atoms with Crippen LogP contribution in [0.1, 0.15) is 0 Å². The van der Waals surface area contributed by atoms with Crippen molar-refractivity contribution >= 4 is 37.7 Å². The molecule has 0 saturated carbocycles. The van der Waals surface area contributed by atoms with Gasteiger partial charge in [0.25, 0.3) is 0 Å². The first-order valence-electron chi connectivity index (χ1n) is 4.75. The Hall–Kier alpha value is -1.11. The molecule has 0 spiro atoms. The molecule has 0 radical (unpaired) electrons. The van der Waals surface area contributed by atoms with E-state index in [0.29, 0.717) is 17.4 Å². The summed E-state index contributed by atoms with van der Waals surface area (Å²) in [5.41, 5.74) is 2.47. The van der Waals surface area contributed by atoms with Gasteiger partial charge >= 0.3 is 0 Å². The molecule has 0 aliphatic carbocycles. The molecule has 17 heavy (non-hydrogen) atoms. The fourth-order valence-corrected chi connectivity index (χ4v) is 2.35. The highest BCUT2D eigenvalue weighted by Crippen LogP contribution is 2.31. The lowest BCUT2D eigenvalue weighted by molar-refractivity contribution is 0.460. The fourth-order valence-electron chi connectivity index (χ4n) is 1.22. The fraction of sp³-hybridized carbons (Fsp3) is 0. The van der Waals surface area contributed by atoms with Gasteiger partial charge in [0.1, 0.15) is 11.6 Å². The van der Waals surface area contributed by atoms with E-state index in [1.165, 1.54) is 0 Å². The molecule has 1 heterocycles. The van der Waals surface area contributed by atoms with Crippen LogP contribution in [0.4, 0.5) is 5.82 Å². The predicted molar refractivity (Wildman–Crippen MR) is 74.0 cm³/mol. The molecule has 0 atom stereocenters. The lowest BCUT2D eigenvalue weighted by Gasteiger charge is -2.08. The van der Waals surface area contributed by atoms with Gasteiger partial charge in [0.15, 0.2) is 0 Å². The minimum absolute atomic E-state index is 0.475. The maximum Gasteiger partial charge on any atom is 0.221 e. The highest BCUT2D eigenvalue weighted by molar-refractivity contribution is 9.11. The standard InChI is InChI=1S/C11H9Br2N3O/c12-7-4-5-9(8(13)6-7)17-11-3-1-2-10(15-11)16-14/h1-6H,14H2,(H,15,16). The van der Waals surface area contributed by atoms with Gasteiger partial charge in [-0.2, -0.15) is 4.98 Å². The Bertz CT molecular complexity index is 534. The largest absolute Gasteiger partial charge is 0.438 e. The summed E-state index contributed by atoms with van der Waals surface area (Å²) in [6, 6.07) is 11.0. The van der Waals surface area contributed by atoms with E-state index >= 15 is 0 Å². The van der Waals surface area contributed by atoms with E-state index in [0.717, 1.165) is 8.95 Å². The van der Waals surface area contributed by atoms with Crippen molar-refractivity contribution in [1.29, 1.82) is 0 Å². The highest BCUT2D eigenvalue weighted by Gasteiger charge is 2.04. The third-order valence-electron chi connectivity index (χ3n) is 1.98. The molecule has 2 rings (SSSR count). The Morgan fingerprint density at radius 1 is 1.18 bits per heavy atom. The topological polar surface area (TPSA) is 60.2 Å². The van der Waals surface area contributed by atoms with Crippen LogP contribution in [0.2, 0.25) is 0 Å². The van der Waals surface area contributed by atoms with Gasteiger partial charge in [-0.05, 0) is 40.2 Å². The number of aromatic nitrogens is 1.